The van der Waals surface area contributed by atoms with Crippen molar-refractivity contribution in [2.75, 3.05) is 0 Å². The molecule has 0 atom stereocenters. The molecule has 0 fully saturated rings. The first-order valence-electron chi connectivity index (χ1n) is 3.09. The molecule has 0 aliphatic heterocycles. The fraction of sp³-hybridized carbons (Fsp3) is 0. The van der Waals surface area contributed by atoms with Gasteiger partial charge in [-0.2, -0.15) is 0 Å². The topological polar surface area (TPSA) is 0 Å². The molecule has 3 heteroatoms. The van der Waals surface area contributed by atoms with E-state index in [1.165, 1.54) is 23.5 Å². The van der Waals surface area contributed by atoms with Crippen LogP contribution in [0.4, 0.5) is 4.39 Å². The van der Waals surface area contributed by atoms with Gasteiger partial charge in [0.2, 0.25) is 0 Å². The summed E-state index contributed by atoms with van der Waals surface area (Å²) in [6.45, 7) is 0. The Morgan fingerprint density at radius 3 is 3.00 bits per heavy atom. The van der Waals surface area contributed by atoms with E-state index in [4.69, 9.17) is 11.6 Å². The zero-order valence-corrected chi connectivity index (χ0v) is 7.05. The molecule has 0 spiro atoms. The molecule has 0 radical (unpaired) electrons. The van der Waals surface area contributed by atoms with Gasteiger partial charge in [-0.1, -0.05) is 11.6 Å². The lowest BCUT2D eigenvalue weighted by molar-refractivity contribution is 0.630. The van der Waals surface area contributed by atoms with Crippen molar-refractivity contribution in [3.8, 4) is 0 Å². The predicted octanol–water partition coefficient (Wildman–Crippen LogP) is 3.69. The van der Waals surface area contributed by atoms with Gasteiger partial charge in [0.15, 0.2) is 0 Å². The first kappa shape index (κ1) is 7.07. The van der Waals surface area contributed by atoms with Gasteiger partial charge in [0.1, 0.15) is 5.82 Å². The minimum absolute atomic E-state index is 0.273. The van der Waals surface area contributed by atoms with Crippen LogP contribution in [0, 0.1) is 5.82 Å². The number of hydrogen-bond donors (Lipinski definition) is 0. The lowest BCUT2D eigenvalue weighted by Gasteiger charge is -1.92. The van der Waals surface area contributed by atoms with E-state index in [-0.39, 0.29) is 5.82 Å². The van der Waals surface area contributed by atoms with Crippen LogP contribution in [0.25, 0.3) is 10.1 Å². The number of benzene rings is 1. The average Bonchev–Trinajstić information content (AvgIpc) is 2.34. The van der Waals surface area contributed by atoms with Crippen LogP contribution < -0.4 is 0 Å². The van der Waals surface area contributed by atoms with Gasteiger partial charge in [0.25, 0.3) is 0 Å². The highest BCUT2D eigenvalue weighted by Crippen LogP contribution is 2.28. The summed E-state index contributed by atoms with van der Waals surface area (Å²) < 4.78 is 13.6. The molecule has 2 aromatic rings. The monoisotopic (exact) mass is 186 g/mol. The van der Waals surface area contributed by atoms with Gasteiger partial charge in [-0.3, -0.25) is 0 Å². The second-order valence-corrected chi connectivity index (χ2v) is 3.57. The molecule has 1 heterocycles. The molecule has 0 N–H and O–H groups in total. The third kappa shape index (κ3) is 1.12. The highest BCUT2D eigenvalue weighted by molar-refractivity contribution is 7.17. The Labute approximate surface area is 72.2 Å². The standard InChI is InChI=1S/C8H4ClFS/c9-7-3-5(10)4-8-6(7)1-2-11-8/h1-4H. The summed E-state index contributed by atoms with van der Waals surface area (Å²) in [5.74, 6) is -0.273. The molecule has 0 saturated carbocycles. The van der Waals surface area contributed by atoms with Crippen molar-refractivity contribution in [3.63, 3.8) is 0 Å². The van der Waals surface area contributed by atoms with Crippen molar-refractivity contribution >= 4 is 33.0 Å². The highest BCUT2D eigenvalue weighted by atomic mass is 35.5. The Morgan fingerprint density at radius 2 is 2.18 bits per heavy atom. The van der Waals surface area contributed by atoms with E-state index in [2.05, 4.69) is 0 Å². The van der Waals surface area contributed by atoms with E-state index in [0.717, 1.165) is 10.1 Å². The molecule has 0 amide bonds. The average molecular weight is 187 g/mol. The molecule has 1 aromatic carbocycles. The first-order chi connectivity index (χ1) is 5.27. The van der Waals surface area contributed by atoms with Crippen LogP contribution in [0.2, 0.25) is 5.02 Å². The third-order valence-electron chi connectivity index (χ3n) is 1.49. The van der Waals surface area contributed by atoms with Crippen LogP contribution in [0.1, 0.15) is 0 Å². The fourth-order valence-electron chi connectivity index (χ4n) is 0.996. The number of halogens is 2. The molecule has 11 heavy (non-hydrogen) atoms. The van der Waals surface area contributed by atoms with Crippen molar-refractivity contribution in [1.82, 2.24) is 0 Å². The largest absolute Gasteiger partial charge is 0.207 e. The van der Waals surface area contributed by atoms with E-state index < -0.39 is 0 Å². The smallest absolute Gasteiger partial charge is 0.126 e. The molecule has 0 aliphatic carbocycles. The number of thiophene rings is 1. The summed E-state index contributed by atoms with van der Waals surface area (Å²) in [7, 11) is 0. The van der Waals surface area contributed by atoms with Gasteiger partial charge in [-0.25, -0.2) is 4.39 Å². The Kier molecular flexibility index (Phi) is 1.59. The lowest BCUT2D eigenvalue weighted by atomic mass is 10.2. The Balaban J connectivity index is 2.91. The summed E-state index contributed by atoms with van der Waals surface area (Å²) in [4.78, 5) is 0. The summed E-state index contributed by atoms with van der Waals surface area (Å²) in [5, 5.41) is 3.31. The molecule has 0 saturated heterocycles. The maximum atomic E-state index is 12.7. The van der Waals surface area contributed by atoms with E-state index in [1.54, 1.807) is 0 Å². The van der Waals surface area contributed by atoms with Crippen LogP contribution in [0.5, 0.6) is 0 Å². The molecule has 56 valence electrons. The number of fused-ring (bicyclic) bond motifs is 1. The van der Waals surface area contributed by atoms with Gasteiger partial charge in [-0.05, 0) is 23.6 Å². The number of rotatable bonds is 0. The normalized spacial score (nSPS) is 10.7. The third-order valence-corrected chi connectivity index (χ3v) is 2.66. The van der Waals surface area contributed by atoms with Crippen molar-refractivity contribution < 1.29 is 4.39 Å². The minimum Gasteiger partial charge on any atom is -0.207 e. The molecular formula is C8H4ClFS. The summed E-state index contributed by atoms with van der Waals surface area (Å²) >= 11 is 7.26. The van der Waals surface area contributed by atoms with Crippen LogP contribution in [-0.2, 0) is 0 Å². The molecule has 0 unspecified atom stereocenters. The second-order valence-electron chi connectivity index (χ2n) is 2.22. The van der Waals surface area contributed by atoms with Crippen LogP contribution in [-0.4, -0.2) is 0 Å². The van der Waals surface area contributed by atoms with Crippen LogP contribution >= 0.6 is 22.9 Å². The summed E-state index contributed by atoms with van der Waals surface area (Å²) in [5.41, 5.74) is 0. The SMILES string of the molecule is Fc1cc(Cl)c2ccsc2c1. The van der Waals surface area contributed by atoms with Gasteiger partial charge >= 0.3 is 0 Å². The quantitative estimate of drug-likeness (QED) is 0.589. The first-order valence-corrected chi connectivity index (χ1v) is 4.35. The fourth-order valence-corrected chi connectivity index (χ4v) is 2.16. The van der Waals surface area contributed by atoms with Crippen molar-refractivity contribution in [2.45, 2.75) is 0 Å². The maximum Gasteiger partial charge on any atom is 0.126 e. The zero-order valence-electron chi connectivity index (χ0n) is 5.47. The molecular weight excluding hydrogens is 183 g/mol. The second kappa shape index (κ2) is 2.47. The van der Waals surface area contributed by atoms with Crippen LogP contribution in [0.15, 0.2) is 23.6 Å². The van der Waals surface area contributed by atoms with Crippen LogP contribution in [0.3, 0.4) is 0 Å². The number of hydrogen-bond acceptors (Lipinski definition) is 1. The van der Waals surface area contributed by atoms with Crippen molar-refractivity contribution in [2.24, 2.45) is 0 Å². The lowest BCUT2D eigenvalue weighted by Crippen LogP contribution is -1.72. The molecule has 0 aliphatic rings. The predicted molar refractivity (Wildman–Crippen MR) is 46.8 cm³/mol. The van der Waals surface area contributed by atoms with Gasteiger partial charge in [0.05, 0.1) is 5.02 Å². The van der Waals surface area contributed by atoms with E-state index in [1.807, 2.05) is 11.4 Å². The van der Waals surface area contributed by atoms with Crippen molar-refractivity contribution in [3.05, 3.63) is 34.4 Å². The minimum atomic E-state index is -0.273. The Morgan fingerprint density at radius 1 is 1.36 bits per heavy atom. The molecule has 0 bridgehead atoms. The van der Waals surface area contributed by atoms with Gasteiger partial charge in [-0.15, -0.1) is 11.3 Å². The summed E-state index contributed by atoms with van der Waals surface area (Å²) in [6, 6.07) is 4.71. The van der Waals surface area contributed by atoms with E-state index in [9.17, 15) is 4.39 Å². The zero-order chi connectivity index (χ0) is 7.84. The van der Waals surface area contributed by atoms with Gasteiger partial charge in [0, 0.05) is 10.1 Å². The molecule has 1 aromatic heterocycles. The van der Waals surface area contributed by atoms with Gasteiger partial charge < -0.3 is 0 Å². The van der Waals surface area contributed by atoms with E-state index in [0.29, 0.717) is 5.02 Å². The maximum absolute atomic E-state index is 12.7. The Bertz CT molecular complexity index is 394. The highest BCUT2D eigenvalue weighted by Gasteiger charge is 2.01. The summed E-state index contributed by atoms with van der Waals surface area (Å²) in [6.07, 6.45) is 0. The van der Waals surface area contributed by atoms with Crippen molar-refractivity contribution in [1.29, 1.82) is 0 Å². The van der Waals surface area contributed by atoms with E-state index >= 15 is 0 Å². The Hall–Kier alpha value is -0.600. The molecule has 2 rings (SSSR count). The molecule has 0 nitrogen and oxygen atoms in total.